The second-order valence-electron chi connectivity index (χ2n) is 4.24. The lowest BCUT2D eigenvalue weighted by molar-refractivity contribution is 0.482. The van der Waals surface area contributed by atoms with Crippen LogP contribution in [-0.4, -0.2) is 6.04 Å². The minimum atomic E-state index is 0.191. The van der Waals surface area contributed by atoms with Crippen molar-refractivity contribution >= 4 is 0 Å². The number of para-hydroxylation sites is 1. The molecule has 17 heavy (non-hydrogen) atoms. The van der Waals surface area contributed by atoms with Gasteiger partial charge in [-0.25, -0.2) is 0 Å². The molecule has 0 spiro atoms. The lowest BCUT2D eigenvalue weighted by atomic mass is 10.1. The minimum absolute atomic E-state index is 0.191. The van der Waals surface area contributed by atoms with E-state index in [0.29, 0.717) is 0 Å². The predicted molar refractivity (Wildman–Crippen MR) is 70.3 cm³/mol. The summed E-state index contributed by atoms with van der Waals surface area (Å²) in [7, 11) is 0. The molecule has 0 fully saturated rings. The fourth-order valence-electron chi connectivity index (χ4n) is 1.69. The molecular weight excluding hydrogens is 210 g/mol. The van der Waals surface area contributed by atoms with E-state index in [0.717, 1.165) is 17.9 Å². The molecule has 2 N–H and O–H groups in total. The van der Waals surface area contributed by atoms with Crippen LogP contribution in [0.1, 0.15) is 12.5 Å². The van der Waals surface area contributed by atoms with E-state index in [2.05, 4.69) is 12.1 Å². The Labute approximate surface area is 102 Å². The summed E-state index contributed by atoms with van der Waals surface area (Å²) in [5.41, 5.74) is 6.99. The van der Waals surface area contributed by atoms with Crippen LogP contribution in [0.5, 0.6) is 11.5 Å². The first-order valence-corrected chi connectivity index (χ1v) is 5.81. The van der Waals surface area contributed by atoms with Crippen molar-refractivity contribution in [2.45, 2.75) is 19.4 Å². The SMILES string of the molecule is C[C@@H](N)Cc1ccc(Oc2ccccc2)cc1. The Morgan fingerprint density at radius 1 is 0.941 bits per heavy atom. The summed E-state index contributed by atoms with van der Waals surface area (Å²) in [6, 6.07) is 18.0. The smallest absolute Gasteiger partial charge is 0.127 e. The molecule has 1 atom stereocenters. The van der Waals surface area contributed by atoms with Crippen molar-refractivity contribution in [2.75, 3.05) is 0 Å². The van der Waals surface area contributed by atoms with E-state index in [-0.39, 0.29) is 6.04 Å². The van der Waals surface area contributed by atoms with Gasteiger partial charge in [-0.05, 0) is 43.2 Å². The Hall–Kier alpha value is -1.80. The molecule has 2 nitrogen and oxygen atoms in total. The third-order valence-electron chi connectivity index (χ3n) is 2.46. The minimum Gasteiger partial charge on any atom is -0.457 e. The molecule has 0 radical (unpaired) electrons. The van der Waals surface area contributed by atoms with E-state index >= 15 is 0 Å². The maximum atomic E-state index is 5.75. The van der Waals surface area contributed by atoms with Gasteiger partial charge in [0.05, 0.1) is 0 Å². The Morgan fingerprint density at radius 3 is 2.12 bits per heavy atom. The number of nitrogens with two attached hydrogens (primary N) is 1. The van der Waals surface area contributed by atoms with Gasteiger partial charge in [0.2, 0.25) is 0 Å². The van der Waals surface area contributed by atoms with Crippen LogP contribution in [0.3, 0.4) is 0 Å². The zero-order valence-electron chi connectivity index (χ0n) is 9.97. The fourth-order valence-corrected chi connectivity index (χ4v) is 1.69. The van der Waals surface area contributed by atoms with E-state index < -0.39 is 0 Å². The first-order valence-electron chi connectivity index (χ1n) is 5.81. The Kier molecular flexibility index (Phi) is 3.78. The molecule has 2 rings (SSSR count). The molecule has 2 aromatic rings. The average molecular weight is 227 g/mol. The molecule has 0 aliphatic heterocycles. The van der Waals surface area contributed by atoms with E-state index in [9.17, 15) is 0 Å². The van der Waals surface area contributed by atoms with Crippen LogP contribution in [0.4, 0.5) is 0 Å². The highest BCUT2D eigenvalue weighted by atomic mass is 16.5. The Morgan fingerprint density at radius 2 is 1.53 bits per heavy atom. The monoisotopic (exact) mass is 227 g/mol. The lowest BCUT2D eigenvalue weighted by Gasteiger charge is -2.08. The molecule has 2 aromatic carbocycles. The van der Waals surface area contributed by atoms with Crippen molar-refractivity contribution in [1.82, 2.24) is 0 Å². The molecule has 0 heterocycles. The molecule has 0 unspecified atom stereocenters. The molecule has 0 aliphatic rings. The molecule has 0 saturated heterocycles. The summed E-state index contributed by atoms with van der Waals surface area (Å²) in [4.78, 5) is 0. The van der Waals surface area contributed by atoms with Crippen LogP contribution in [0, 0.1) is 0 Å². The van der Waals surface area contributed by atoms with Gasteiger partial charge in [0.1, 0.15) is 11.5 Å². The second kappa shape index (κ2) is 5.51. The molecule has 0 aromatic heterocycles. The van der Waals surface area contributed by atoms with Crippen molar-refractivity contribution in [3.8, 4) is 11.5 Å². The second-order valence-corrected chi connectivity index (χ2v) is 4.24. The van der Waals surface area contributed by atoms with Gasteiger partial charge in [0.25, 0.3) is 0 Å². The van der Waals surface area contributed by atoms with Gasteiger partial charge in [-0.2, -0.15) is 0 Å². The van der Waals surface area contributed by atoms with E-state index in [1.54, 1.807) is 0 Å². The predicted octanol–water partition coefficient (Wildman–Crippen LogP) is 3.37. The Bertz CT molecular complexity index is 448. The number of ether oxygens (including phenoxy) is 1. The maximum absolute atomic E-state index is 5.75. The highest BCUT2D eigenvalue weighted by Gasteiger charge is 1.99. The number of rotatable bonds is 4. The molecular formula is C15H17NO. The van der Waals surface area contributed by atoms with Gasteiger partial charge >= 0.3 is 0 Å². The van der Waals surface area contributed by atoms with Gasteiger partial charge in [-0.3, -0.25) is 0 Å². The van der Waals surface area contributed by atoms with Crippen LogP contribution in [0.2, 0.25) is 0 Å². The van der Waals surface area contributed by atoms with Gasteiger partial charge < -0.3 is 10.5 Å². The van der Waals surface area contributed by atoms with Crippen LogP contribution < -0.4 is 10.5 Å². The summed E-state index contributed by atoms with van der Waals surface area (Å²) in [5.74, 6) is 1.71. The zero-order valence-corrected chi connectivity index (χ0v) is 9.97. The van der Waals surface area contributed by atoms with Gasteiger partial charge in [0, 0.05) is 6.04 Å². The summed E-state index contributed by atoms with van der Waals surface area (Å²) >= 11 is 0. The van der Waals surface area contributed by atoms with Crippen LogP contribution in [-0.2, 0) is 6.42 Å². The standard InChI is InChI=1S/C15H17NO/c1-12(16)11-13-7-9-15(10-8-13)17-14-5-3-2-4-6-14/h2-10,12H,11,16H2,1H3/t12-/m1/s1. The van der Waals surface area contributed by atoms with Crippen molar-refractivity contribution in [3.05, 3.63) is 60.2 Å². The summed E-state index contributed by atoms with van der Waals surface area (Å²) in [5, 5.41) is 0. The van der Waals surface area contributed by atoms with Crippen LogP contribution in [0.25, 0.3) is 0 Å². The highest BCUT2D eigenvalue weighted by Crippen LogP contribution is 2.21. The number of hydrogen-bond donors (Lipinski definition) is 1. The van der Waals surface area contributed by atoms with Crippen molar-refractivity contribution < 1.29 is 4.74 Å². The summed E-state index contributed by atoms with van der Waals surface area (Å²) < 4.78 is 5.71. The summed E-state index contributed by atoms with van der Waals surface area (Å²) in [6.07, 6.45) is 0.894. The summed E-state index contributed by atoms with van der Waals surface area (Å²) in [6.45, 7) is 2.01. The average Bonchev–Trinajstić information content (AvgIpc) is 2.32. The van der Waals surface area contributed by atoms with Crippen LogP contribution >= 0.6 is 0 Å². The highest BCUT2D eigenvalue weighted by molar-refractivity contribution is 5.33. The van der Waals surface area contributed by atoms with E-state index in [1.807, 2.05) is 49.4 Å². The van der Waals surface area contributed by atoms with Gasteiger partial charge in [-0.15, -0.1) is 0 Å². The molecule has 0 bridgehead atoms. The molecule has 88 valence electrons. The van der Waals surface area contributed by atoms with E-state index in [4.69, 9.17) is 10.5 Å². The molecule has 2 heteroatoms. The zero-order chi connectivity index (χ0) is 12.1. The largest absolute Gasteiger partial charge is 0.457 e. The fraction of sp³-hybridized carbons (Fsp3) is 0.200. The number of hydrogen-bond acceptors (Lipinski definition) is 2. The van der Waals surface area contributed by atoms with E-state index in [1.165, 1.54) is 5.56 Å². The Balaban J connectivity index is 2.03. The first-order chi connectivity index (χ1) is 8.24. The quantitative estimate of drug-likeness (QED) is 0.869. The normalized spacial score (nSPS) is 12.1. The van der Waals surface area contributed by atoms with Gasteiger partial charge in [0.15, 0.2) is 0 Å². The van der Waals surface area contributed by atoms with Crippen molar-refractivity contribution in [2.24, 2.45) is 5.73 Å². The topological polar surface area (TPSA) is 35.2 Å². The number of benzene rings is 2. The third-order valence-corrected chi connectivity index (χ3v) is 2.46. The maximum Gasteiger partial charge on any atom is 0.127 e. The van der Waals surface area contributed by atoms with Gasteiger partial charge in [-0.1, -0.05) is 30.3 Å². The molecule has 0 amide bonds. The molecule has 0 aliphatic carbocycles. The van der Waals surface area contributed by atoms with Crippen LogP contribution in [0.15, 0.2) is 54.6 Å². The first kappa shape index (κ1) is 11.7. The molecule has 0 saturated carbocycles. The van der Waals surface area contributed by atoms with Crippen molar-refractivity contribution in [3.63, 3.8) is 0 Å². The van der Waals surface area contributed by atoms with Crippen molar-refractivity contribution in [1.29, 1.82) is 0 Å². The lowest BCUT2D eigenvalue weighted by Crippen LogP contribution is -2.17. The third kappa shape index (κ3) is 3.61.